The summed E-state index contributed by atoms with van der Waals surface area (Å²) >= 11 is 0. The molecule has 6 heteroatoms. The van der Waals surface area contributed by atoms with Gasteiger partial charge in [-0.2, -0.15) is 0 Å². The van der Waals surface area contributed by atoms with Gasteiger partial charge in [0.05, 0.1) is 4.92 Å². The van der Waals surface area contributed by atoms with Crippen molar-refractivity contribution in [3.63, 3.8) is 0 Å². The standard InChI is InChI=1S/C10H15N3O3/c1-6-2-3-7(8(12)4-5-11)10(14)9(6)13(15)16/h2-3,8,14H,4-5,11-12H2,1H3/t8-/m1/s1. The van der Waals surface area contributed by atoms with Gasteiger partial charge in [0.2, 0.25) is 0 Å². The Balaban J connectivity index is 3.23. The van der Waals surface area contributed by atoms with Crippen LogP contribution in [0.3, 0.4) is 0 Å². The average Bonchev–Trinajstić information content (AvgIpc) is 2.17. The lowest BCUT2D eigenvalue weighted by Crippen LogP contribution is -2.15. The molecule has 0 fully saturated rings. The number of phenols is 1. The molecular formula is C10H15N3O3. The van der Waals surface area contributed by atoms with Crippen molar-refractivity contribution in [2.24, 2.45) is 11.5 Å². The smallest absolute Gasteiger partial charge is 0.313 e. The minimum atomic E-state index is -0.608. The summed E-state index contributed by atoms with van der Waals surface area (Å²) in [5.74, 6) is -0.356. The molecule has 0 saturated heterocycles. The van der Waals surface area contributed by atoms with E-state index in [0.29, 0.717) is 24.1 Å². The molecule has 1 atom stereocenters. The van der Waals surface area contributed by atoms with Crippen molar-refractivity contribution >= 4 is 5.69 Å². The number of nitro benzene ring substituents is 1. The Morgan fingerprint density at radius 3 is 2.69 bits per heavy atom. The fourth-order valence-corrected chi connectivity index (χ4v) is 1.56. The Morgan fingerprint density at radius 1 is 1.56 bits per heavy atom. The first-order valence-corrected chi connectivity index (χ1v) is 4.91. The second kappa shape index (κ2) is 4.91. The average molecular weight is 225 g/mol. The SMILES string of the molecule is Cc1ccc([C@H](N)CCN)c(O)c1[N+](=O)[O-]. The molecule has 0 spiro atoms. The normalized spacial score (nSPS) is 12.4. The molecule has 1 aromatic rings. The summed E-state index contributed by atoms with van der Waals surface area (Å²) in [6.45, 7) is 1.93. The molecule has 6 nitrogen and oxygen atoms in total. The second-order valence-electron chi connectivity index (χ2n) is 3.61. The Hall–Kier alpha value is -1.66. The molecule has 0 heterocycles. The van der Waals surface area contributed by atoms with Gasteiger partial charge in [-0.25, -0.2) is 0 Å². The molecule has 0 radical (unpaired) electrons. The van der Waals surface area contributed by atoms with Crippen LogP contribution in [0.5, 0.6) is 5.75 Å². The summed E-state index contributed by atoms with van der Waals surface area (Å²) < 4.78 is 0. The second-order valence-corrected chi connectivity index (χ2v) is 3.61. The maximum Gasteiger partial charge on any atom is 0.313 e. The number of hydrogen-bond acceptors (Lipinski definition) is 5. The summed E-state index contributed by atoms with van der Waals surface area (Å²) in [7, 11) is 0. The van der Waals surface area contributed by atoms with Crippen molar-refractivity contribution in [1.82, 2.24) is 0 Å². The first-order chi connectivity index (χ1) is 7.49. The number of nitrogens with zero attached hydrogens (tertiary/aromatic N) is 1. The molecule has 16 heavy (non-hydrogen) atoms. The highest BCUT2D eigenvalue weighted by atomic mass is 16.6. The zero-order valence-electron chi connectivity index (χ0n) is 9.01. The highest BCUT2D eigenvalue weighted by Gasteiger charge is 2.22. The van der Waals surface area contributed by atoms with E-state index in [2.05, 4.69) is 0 Å². The Labute approximate surface area is 93.0 Å². The minimum absolute atomic E-state index is 0.287. The first kappa shape index (κ1) is 12.4. The van der Waals surface area contributed by atoms with Crippen molar-refractivity contribution in [1.29, 1.82) is 0 Å². The molecule has 0 aromatic heterocycles. The van der Waals surface area contributed by atoms with E-state index in [-0.39, 0.29) is 11.4 Å². The topological polar surface area (TPSA) is 115 Å². The Morgan fingerprint density at radius 2 is 2.19 bits per heavy atom. The van der Waals surface area contributed by atoms with Crippen molar-refractivity contribution < 1.29 is 10.0 Å². The van der Waals surface area contributed by atoms with Gasteiger partial charge in [-0.05, 0) is 19.9 Å². The molecular weight excluding hydrogens is 210 g/mol. The third-order valence-electron chi connectivity index (χ3n) is 2.44. The summed E-state index contributed by atoms with van der Waals surface area (Å²) in [5.41, 5.74) is 11.6. The maximum atomic E-state index is 10.8. The Kier molecular flexibility index (Phi) is 3.81. The van der Waals surface area contributed by atoms with E-state index in [4.69, 9.17) is 11.5 Å². The van der Waals surface area contributed by atoms with Gasteiger partial charge in [-0.3, -0.25) is 10.1 Å². The van der Waals surface area contributed by atoms with E-state index < -0.39 is 11.0 Å². The predicted molar refractivity (Wildman–Crippen MR) is 60.1 cm³/mol. The van der Waals surface area contributed by atoms with Crippen LogP contribution in [-0.4, -0.2) is 16.6 Å². The van der Waals surface area contributed by atoms with Crippen LogP contribution < -0.4 is 11.5 Å². The summed E-state index contributed by atoms with van der Waals surface area (Å²) in [5, 5.41) is 20.5. The molecule has 0 saturated carbocycles. The predicted octanol–water partition coefficient (Wildman–Crippen LogP) is 0.957. The maximum absolute atomic E-state index is 10.8. The lowest BCUT2D eigenvalue weighted by Gasteiger charge is -2.13. The van der Waals surface area contributed by atoms with Crippen LogP contribution in [0.25, 0.3) is 0 Å². The van der Waals surface area contributed by atoms with Gasteiger partial charge in [-0.15, -0.1) is 0 Å². The van der Waals surface area contributed by atoms with Crippen LogP contribution >= 0.6 is 0 Å². The molecule has 0 aliphatic carbocycles. The van der Waals surface area contributed by atoms with Crippen molar-refractivity contribution in [3.05, 3.63) is 33.4 Å². The highest BCUT2D eigenvalue weighted by Crippen LogP contribution is 2.36. The number of nitro groups is 1. The number of nitrogens with two attached hydrogens (primary N) is 2. The molecule has 88 valence electrons. The lowest BCUT2D eigenvalue weighted by atomic mass is 10.0. The number of hydrogen-bond donors (Lipinski definition) is 3. The van der Waals surface area contributed by atoms with Gasteiger partial charge in [0.15, 0.2) is 5.75 Å². The van der Waals surface area contributed by atoms with Gasteiger partial charge in [0.1, 0.15) is 0 Å². The number of phenolic OH excluding ortho intramolecular Hbond substituents is 1. The number of rotatable bonds is 4. The fourth-order valence-electron chi connectivity index (χ4n) is 1.56. The molecule has 1 aromatic carbocycles. The molecule has 5 N–H and O–H groups in total. The van der Waals surface area contributed by atoms with Crippen molar-refractivity contribution in [2.45, 2.75) is 19.4 Å². The van der Waals surface area contributed by atoms with Crippen LogP contribution in [0.4, 0.5) is 5.69 Å². The summed E-state index contributed by atoms with van der Waals surface area (Å²) in [6, 6.07) is 2.69. The van der Waals surface area contributed by atoms with E-state index in [9.17, 15) is 15.2 Å². The lowest BCUT2D eigenvalue weighted by molar-refractivity contribution is -0.386. The van der Waals surface area contributed by atoms with Gasteiger partial charge in [-0.1, -0.05) is 12.1 Å². The van der Waals surface area contributed by atoms with Crippen molar-refractivity contribution in [3.8, 4) is 5.75 Å². The largest absolute Gasteiger partial charge is 0.502 e. The van der Waals surface area contributed by atoms with Crippen LogP contribution in [0.2, 0.25) is 0 Å². The van der Waals surface area contributed by atoms with Gasteiger partial charge in [0.25, 0.3) is 0 Å². The number of aromatic hydroxyl groups is 1. The van der Waals surface area contributed by atoms with E-state index in [1.807, 2.05) is 0 Å². The summed E-state index contributed by atoms with van der Waals surface area (Å²) in [6.07, 6.45) is 0.466. The quantitative estimate of drug-likeness (QED) is 0.521. The van der Waals surface area contributed by atoms with Crippen LogP contribution in [0.15, 0.2) is 12.1 Å². The van der Waals surface area contributed by atoms with E-state index in [0.717, 1.165) is 0 Å². The van der Waals surface area contributed by atoms with Gasteiger partial charge in [0, 0.05) is 17.2 Å². The fraction of sp³-hybridized carbons (Fsp3) is 0.400. The van der Waals surface area contributed by atoms with Gasteiger partial charge < -0.3 is 16.6 Å². The number of benzene rings is 1. The van der Waals surface area contributed by atoms with E-state index in [1.54, 1.807) is 19.1 Å². The molecule has 0 bridgehead atoms. The number of aryl methyl sites for hydroxylation is 1. The zero-order valence-corrected chi connectivity index (χ0v) is 9.01. The monoisotopic (exact) mass is 225 g/mol. The van der Waals surface area contributed by atoms with E-state index >= 15 is 0 Å². The summed E-state index contributed by atoms with van der Waals surface area (Å²) in [4.78, 5) is 10.1. The highest BCUT2D eigenvalue weighted by molar-refractivity contribution is 5.56. The molecule has 0 aliphatic heterocycles. The minimum Gasteiger partial charge on any atom is -0.502 e. The van der Waals surface area contributed by atoms with Crippen molar-refractivity contribution in [2.75, 3.05) is 6.54 Å². The van der Waals surface area contributed by atoms with Crippen LogP contribution in [0.1, 0.15) is 23.6 Å². The van der Waals surface area contributed by atoms with Gasteiger partial charge >= 0.3 is 5.69 Å². The molecule has 0 aliphatic rings. The van der Waals surface area contributed by atoms with Crippen LogP contribution in [0, 0.1) is 17.0 Å². The third-order valence-corrected chi connectivity index (χ3v) is 2.44. The Bertz CT molecular complexity index is 407. The molecule has 0 unspecified atom stereocenters. The third kappa shape index (κ3) is 2.29. The van der Waals surface area contributed by atoms with Crippen LogP contribution in [-0.2, 0) is 0 Å². The first-order valence-electron chi connectivity index (χ1n) is 4.91. The van der Waals surface area contributed by atoms with E-state index in [1.165, 1.54) is 0 Å². The molecule has 0 amide bonds. The molecule has 1 rings (SSSR count). The zero-order chi connectivity index (χ0) is 12.3.